The van der Waals surface area contributed by atoms with Crippen molar-refractivity contribution >= 4 is 28.3 Å². The summed E-state index contributed by atoms with van der Waals surface area (Å²) in [5, 5.41) is 6.00. The topological polar surface area (TPSA) is 32.3 Å². The van der Waals surface area contributed by atoms with Gasteiger partial charge in [-0.05, 0) is 60.3 Å². The van der Waals surface area contributed by atoms with Gasteiger partial charge >= 0.3 is 0 Å². The van der Waals surface area contributed by atoms with E-state index >= 15 is 0 Å². The summed E-state index contributed by atoms with van der Waals surface area (Å²) in [6, 6.07) is 11.8. The minimum Gasteiger partial charge on any atom is -0.348 e. The van der Waals surface area contributed by atoms with E-state index in [4.69, 9.17) is 11.6 Å². The van der Waals surface area contributed by atoms with E-state index < -0.39 is 0 Å². The largest absolute Gasteiger partial charge is 0.348 e. The standard InChI is InChI=1S/C18H19ClN2O/c19-16-4-3-13-1-2-14(8-15(13)9-16)18(22)20-17-7-12-5-6-21(10-12)11-17/h1-4,8-9,12,17H,5-7,10-11H2,(H,20,22)/t12-,17+/m0/s1. The number of rotatable bonds is 2. The maximum atomic E-state index is 12.5. The molecule has 2 saturated heterocycles. The number of benzene rings is 2. The average Bonchev–Trinajstić information content (AvgIpc) is 2.85. The van der Waals surface area contributed by atoms with Crippen molar-refractivity contribution in [2.75, 3.05) is 19.6 Å². The second-order valence-electron chi connectivity index (χ2n) is 6.53. The number of fused-ring (bicyclic) bond motifs is 3. The van der Waals surface area contributed by atoms with Crippen LogP contribution in [0.4, 0.5) is 0 Å². The number of hydrogen-bond acceptors (Lipinski definition) is 2. The molecule has 0 aromatic heterocycles. The van der Waals surface area contributed by atoms with Crippen LogP contribution in [0.25, 0.3) is 10.8 Å². The number of nitrogens with one attached hydrogen (secondary N) is 1. The van der Waals surface area contributed by atoms with Crippen LogP contribution in [0.15, 0.2) is 36.4 Å². The highest BCUT2D eigenvalue weighted by Crippen LogP contribution is 2.27. The fourth-order valence-corrected chi connectivity index (χ4v) is 3.97. The molecule has 0 spiro atoms. The van der Waals surface area contributed by atoms with Gasteiger partial charge in [0.2, 0.25) is 0 Å². The predicted octanol–water partition coefficient (Wildman–Crippen LogP) is 3.32. The smallest absolute Gasteiger partial charge is 0.251 e. The number of carbonyl (C=O) groups is 1. The van der Waals surface area contributed by atoms with E-state index in [1.165, 1.54) is 19.5 Å². The summed E-state index contributed by atoms with van der Waals surface area (Å²) in [4.78, 5) is 15.0. The van der Waals surface area contributed by atoms with Gasteiger partial charge in [0, 0.05) is 29.7 Å². The van der Waals surface area contributed by atoms with Crippen molar-refractivity contribution in [3.8, 4) is 0 Å². The van der Waals surface area contributed by atoms with Gasteiger partial charge in [0.05, 0.1) is 0 Å². The first-order chi connectivity index (χ1) is 10.7. The summed E-state index contributed by atoms with van der Waals surface area (Å²) in [6.45, 7) is 3.38. The summed E-state index contributed by atoms with van der Waals surface area (Å²) in [7, 11) is 0. The molecular weight excluding hydrogens is 296 g/mol. The molecule has 0 radical (unpaired) electrons. The third-order valence-corrected chi connectivity index (χ3v) is 5.10. The quantitative estimate of drug-likeness (QED) is 0.922. The van der Waals surface area contributed by atoms with Gasteiger partial charge < -0.3 is 10.2 Å². The second kappa shape index (κ2) is 5.56. The van der Waals surface area contributed by atoms with Crippen LogP contribution >= 0.6 is 11.6 Å². The zero-order chi connectivity index (χ0) is 15.1. The van der Waals surface area contributed by atoms with Crippen LogP contribution in [0.5, 0.6) is 0 Å². The Labute approximate surface area is 135 Å². The zero-order valence-corrected chi connectivity index (χ0v) is 13.1. The Morgan fingerprint density at radius 2 is 2.00 bits per heavy atom. The van der Waals surface area contributed by atoms with Crippen molar-refractivity contribution in [1.29, 1.82) is 0 Å². The lowest BCUT2D eigenvalue weighted by Gasteiger charge is -2.30. The highest BCUT2D eigenvalue weighted by Gasteiger charge is 2.32. The minimum atomic E-state index is 0.0226. The van der Waals surface area contributed by atoms with Gasteiger partial charge in [0.15, 0.2) is 0 Å². The summed E-state index contributed by atoms with van der Waals surface area (Å²) in [5.41, 5.74) is 0.711. The molecule has 0 aliphatic carbocycles. The first kappa shape index (κ1) is 14.0. The Morgan fingerprint density at radius 1 is 1.14 bits per heavy atom. The SMILES string of the molecule is O=C(N[C@@H]1C[C@@H]2CCN(C2)C1)c1ccc2ccc(Cl)cc2c1. The number of hydrogen-bond donors (Lipinski definition) is 1. The lowest BCUT2D eigenvalue weighted by Crippen LogP contribution is -2.47. The molecule has 1 unspecified atom stereocenters. The first-order valence-electron chi connectivity index (χ1n) is 7.90. The highest BCUT2D eigenvalue weighted by atomic mass is 35.5. The molecule has 1 N–H and O–H groups in total. The lowest BCUT2D eigenvalue weighted by atomic mass is 9.96. The third kappa shape index (κ3) is 2.71. The van der Waals surface area contributed by atoms with E-state index in [0.29, 0.717) is 10.6 Å². The molecule has 2 aromatic carbocycles. The molecule has 114 valence electrons. The number of piperidine rings is 1. The molecule has 22 heavy (non-hydrogen) atoms. The van der Waals surface area contributed by atoms with E-state index in [-0.39, 0.29) is 11.9 Å². The van der Waals surface area contributed by atoms with Crippen molar-refractivity contribution < 1.29 is 4.79 Å². The normalized spacial score (nSPS) is 27.0. The first-order valence-corrected chi connectivity index (χ1v) is 8.28. The lowest BCUT2D eigenvalue weighted by molar-refractivity contribution is 0.0909. The summed E-state index contributed by atoms with van der Waals surface area (Å²) >= 11 is 6.04. The van der Waals surface area contributed by atoms with Crippen LogP contribution in [-0.4, -0.2) is 36.5 Å². The molecule has 0 saturated carbocycles. The number of carbonyl (C=O) groups excluding carboxylic acids is 1. The number of halogens is 1. The van der Waals surface area contributed by atoms with Gasteiger partial charge in [-0.15, -0.1) is 0 Å². The summed E-state index contributed by atoms with van der Waals surface area (Å²) in [6.07, 6.45) is 2.39. The molecule has 2 heterocycles. The molecular formula is C18H19ClN2O. The Bertz CT molecular complexity index is 718. The fraction of sp³-hybridized carbons (Fsp3) is 0.389. The Kier molecular flexibility index (Phi) is 3.55. The second-order valence-corrected chi connectivity index (χ2v) is 6.96. The van der Waals surface area contributed by atoms with E-state index in [1.807, 2.05) is 36.4 Å². The van der Waals surface area contributed by atoms with Crippen LogP contribution in [0, 0.1) is 5.92 Å². The molecule has 2 bridgehead atoms. The minimum absolute atomic E-state index is 0.0226. The average molecular weight is 315 g/mol. The maximum Gasteiger partial charge on any atom is 0.251 e. The Balaban J connectivity index is 1.52. The summed E-state index contributed by atoms with van der Waals surface area (Å²) in [5.74, 6) is 0.781. The molecule has 2 aromatic rings. The molecule has 4 heteroatoms. The molecule has 2 aliphatic rings. The van der Waals surface area contributed by atoms with E-state index in [9.17, 15) is 4.79 Å². The van der Waals surface area contributed by atoms with Crippen LogP contribution in [0.1, 0.15) is 23.2 Å². The van der Waals surface area contributed by atoms with Crippen molar-refractivity contribution in [2.45, 2.75) is 18.9 Å². The van der Waals surface area contributed by atoms with E-state index in [1.54, 1.807) is 0 Å². The van der Waals surface area contributed by atoms with Crippen LogP contribution in [0.2, 0.25) is 5.02 Å². The van der Waals surface area contributed by atoms with Gasteiger partial charge in [-0.1, -0.05) is 23.7 Å². The Hall–Kier alpha value is -1.58. The monoisotopic (exact) mass is 314 g/mol. The third-order valence-electron chi connectivity index (χ3n) is 4.87. The predicted molar refractivity (Wildman–Crippen MR) is 89.4 cm³/mol. The molecule has 3 nitrogen and oxygen atoms in total. The Morgan fingerprint density at radius 3 is 2.86 bits per heavy atom. The van der Waals surface area contributed by atoms with Crippen molar-refractivity contribution in [2.24, 2.45) is 5.92 Å². The number of amides is 1. The van der Waals surface area contributed by atoms with Crippen molar-refractivity contribution in [3.63, 3.8) is 0 Å². The summed E-state index contributed by atoms with van der Waals surface area (Å²) < 4.78 is 0. The van der Waals surface area contributed by atoms with Gasteiger partial charge in [0.25, 0.3) is 5.91 Å². The van der Waals surface area contributed by atoms with Crippen LogP contribution in [-0.2, 0) is 0 Å². The highest BCUT2D eigenvalue weighted by molar-refractivity contribution is 6.31. The van der Waals surface area contributed by atoms with Gasteiger partial charge in [0.1, 0.15) is 0 Å². The molecule has 2 fully saturated rings. The molecule has 4 rings (SSSR count). The zero-order valence-electron chi connectivity index (χ0n) is 12.4. The van der Waals surface area contributed by atoms with Gasteiger partial charge in [-0.3, -0.25) is 4.79 Å². The van der Waals surface area contributed by atoms with Gasteiger partial charge in [-0.25, -0.2) is 0 Å². The van der Waals surface area contributed by atoms with Crippen LogP contribution in [0.3, 0.4) is 0 Å². The van der Waals surface area contributed by atoms with Crippen molar-refractivity contribution in [3.05, 3.63) is 47.0 Å². The number of nitrogens with zero attached hydrogens (tertiary/aromatic N) is 1. The van der Waals surface area contributed by atoms with Gasteiger partial charge in [-0.2, -0.15) is 0 Å². The van der Waals surface area contributed by atoms with E-state index in [0.717, 1.165) is 29.7 Å². The van der Waals surface area contributed by atoms with Crippen molar-refractivity contribution in [1.82, 2.24) is 10.2 Å². The molecule has 1 amide bonds. The fourth-order valence-electron chi connectivity index (χ4n) is 3.79. The van der Waals surface area contributed by atoms with E-state index in [2.05, 4.69) is 10.2 Å². The maximum absolute atomic E-state index is 12.5. The molecule has 3 atom stereocenters. The van der Waals surface area contributed by atoms with Crippen LogP contribution < -0.4 is 5.32 Å². The molecule has 2 aliphatic heterocycles.